The Balaban J connectivity index is 1.30. The molecule has 10 heteroatoms. The van der Waals surface area contributed by atoms with E-state index in [1.165, 1.54) is 0 Å². The number of nitrogens with zero attached hydrogens (tertiary/aromatic N) is 4. The molecule has 0 saturated carbocycles. The van der Waals surface area contributed by atoms with Crippen molar-refractivity contribution in [2.24, 2.45) is 0 Å². The van der Waals surface area contributed by atoms with Crippen molar-refractivity contribution < 1.29 is 19.7 Å². The third-order valence-electron chi connectivity index (χ3n) is 8.80. The van der Waals surface area contributed by atoms with Crippen LogP contribution in [0.5, 0.6) is 11.8 Å². The normalized spacial score (nSPS) is 18.5. The lowest BCUT2D eigenvalue weighted by Gasteiger charge is -2.39. The molecule has 0 spiro atoms. The Morgan fingerprint density at radius 1 is 0.659 bits per heavy atom. The Bertz CT molecular complexity index is 1530. The maximum atomic E-state index is 9.56. The van der Waals surface area contributed by atoms with Crippen molar-refractivity contribution in [1.29, 1.82) is 0 Å². The summed E-state index contributed by atoms with van der Waals surface area (Å²) in [6.45, 7) is 3.52. The van der Waals surface area contributed by atoms with Crippen molar-refractivity contribution in [1.82, 2.24) is 19.8 Å². The van der Waals surface area contributed by atoms with E-state index in [1.54, 1.807) is 14.2 Å². The quantitative estimate of drug-likeness (QED) is 0.210. The van der Waals surface area contributed by atoms with Crippen LogP contribution in [0.1, 0.15) is 24.0 Å². The first-order valence-corrected chi connectivity index (χ1v) is 15.6. The molecular weight excluding hydrogens is 599 g/mol. The van der Waals surface area contributed by atoms with Crippen LogP contribution in [0.15, 0.2) is 60.7 Å². The highest BCUT2D eigenvalue weighted by atomic mass is 35.5. The minimum atomic E-state index is 0.152. The lowest BCUT2D eigenvalue weighted by atomic mass is 9.97. The maximum Gasteiger partial charge on any atom is 0.218 e. The fourth-order valence-electron chi connectivity index (χ4n) is 5.96. The number of aromatic nitrogens is 2. The number of hydrogen-bond acceptors (Lipinski definition) is 8. The molecule has 2 fully saturated rings. The van der Waals surface area contributed by atoms with Crippen LogP contribution < -0.4 is 9.47 Å². The Kier molecular flexibility index (Phi) is 9.37. The molecule has 6 rings (SSSR count). The highest BCUT2D eigenvalue weighted by Gasteiger charge is 2.29. The molecule has 0 unspecified atom stereocenters. The van der Waals surface area contributed by atoms with E-state index in [0.717, 1.165) is 59.3 Å². The van der Waals surface area contributed by atoms with Crippen molar-refractivity contribution in [3.63, 3.8) is 0 Å². The summed E-state index contributed by atoms with van der Waals surface area (Å²) in [6.07, 6.45) is 1.99. The van der Waals surface area contributed by atoms with Gasteiger partial charge in [0.25, 0.3) is 0 Å². The minimum Gasteiger partial charge on any atom is -0.481 e. The van der Waals surface area contributed by atoms with Gasteiger partial charge < -0.3 is 19.7 Å². The number of halogens is 2. The minimum absolute atomic E-state index is 0.152. The molecule has 44 heavy (non-hydrogen) atoms. The van der Waals surface area contributed by atoms with E-state index in [0.29, 0.717) is 46.3 Å². The molecule has 230 valence electrons. The summed E-state index contributed by atoms with van der Waals surface area (Å²) in [5, 5.41) is 20.2. The van der Waals surface area contributed by atoms with Gasteiger partial charge in [0.2, 0.25) is 11.8 Å². The summed E-state index contributed by atoms with van der Waals surface area (Å²) in [6, 6.07) is 20.0. The zero-order chi connectivity index (χ0) is 30.8. The monoisotopic (exact) mass is 634 g/mol. The van der Waals surface area contributed by atoms with Crippen LogP contribution in [0.2, 0.25) is 10.0 Å². The van der Waals surface area contributed by atoms with Gasteiger partial charge in [0.15, 0.2) is 0 Å². The second-order valence-corrected chi connectivity index (χ2v) is 12.0. The van der Waals surface area contributed by atoms with E-state index in [9.17, 15) is 10.2 Å². The Morgan fingerprint density at radius 2 is 1.07 bits per heavy atom. The third-order valence-corrected chi connectivity index (χ3v) is 9.62. The molecule has 2 N–H and O–H groups in total. The lowest BCUT2D eigenvalue weighted by molar-refractivity contribution is 0.0349. The predicted octanol–water partition coefficient (Wildman–Crippen LogP) is 5.93. The summed E-state index contributed by atoms with van der Waals surface area (Å²) in [5.41, 5.74) is 6.41. The average Bonchev–Trinajstić information content (AvgIpc) is 3.02. The van der Waals surface area contributed by atoms with Crippen molar-refractivity contribution in [2.45, 2.75) is 38.0 Å². The van der Waals surface area contributed by atoms with E-state index >= 15 is 0 Å². The predicted molar refractivity (Wildman–Crippen MR) is 173 cm³/mol. The Hall–Kier alpha value is -3.24. The summed E-state index contributed by atoms with van der Waals surface area (Å²) in [4.78, 5) is 14.1. The smallest absolute Gasteiger partial charge is 0.218 e. The van der Waals surface area contributed by atoms with E-state index in [2.05, 4.69) is 9.80 Å². The fourth-order valence-corrected chi connectivity index (χ4v) is 6.61. The number of rotatable bonds is 11. The molecule has 4 heterocycles. The third kappa shape index (κ3) is 5.90. The fraction of sp³-hybridized carbons (Fsp3) is 0.353. The number of aliphatic hydroxyl groups is 2. The molecule has 2 atom stereocenters. The number of methoxy groups -OCH3 is 2. The molecule has 0 amide bonds. The topological polar surface area (TPSA) is 91.2 Å². The highest BCUT2D eigenvalue weighted by molar-refractivity contribution is 6.39. The molecular formula is C34H36Cl2N4O4. The molecule has 2 aromatic carbocycles. The second kappa shape index (κ2) is 13.4. The number of aliphatic hydroxyl groups excluding tert-OH is 2. The molecule has 4 aromatic rings. The summed E-state index contributed by atoms with van der Waals surface area (Å²) in [5.74, 6) is 1.08. The molecule has 2 aliphatic heterocycles. The van der Waals surface area contributed by atoms with Crippen LogP contribution in [0.4, 0.5) is 0 Å². The van der Waals surface area contributed by atoms with Crippen LogP contribution in [-0.2, 0) is 13.1 Å². The number of hydrogen-bond donors (Lipinski definition) is 2. The van der Waals surface area contributed by atoms with Crippen LogP contribution in [0.3, 0.4) is 0 Å². The van der Waals surface area contributed by atoms with Crippen molar-refractivity contribution in [3.05, 3.63) is 81.8 Å². The molecule has 0 radical (unpaired) electrons. The molecule has 2 aliphatic rings. The SMILES string of the molecule is COc1nc(-c2cccc(-c3cccc(-c4ccc(CN5CC[C@@H]5CO)c(OC)n4)c3Cl)c2Cl)ccc1CN1CC[C@@H]1CO. The Morgan fingerprint density at radius 3 is 1.41 bits per heavy atom. The van der Waals surface area contributed by atoms with Gasteiger partial charge in [-0.3, -0.25) is 9.80 Å². The summed E-state index contributed by atoms with van der Waals surface area (Å²) in [7, 11) is 3.23. The van der Waals surface area contributed by atoms with E-state index in [4.69, 9.17) is 42.6 Å². The summed E-state index contributed by atoms with van der Waals surface area (Å²) >= 11 is 14.1. The van der Waals surface area contributed by atoms with Gasteiger partial charge >= 0.3 is 0 Å². The first-order valence-electron chi connectivity index (χ1n) is 14.8. The van der Waals surface area contributed by atoms with Crippen molar-refractivity contribution in [3.8, 4) is 45.4 Å². The largest absolute Gasteiger partial charge is 0.481 e. The van der Waals surface area contributed by atoms with Gasteiger partial charge in [-0.2, -0.15) is 0 Å². The van der Waals surface area contributed by atoms with Gasteiger partial charge in [-0.25, -0.2) is 9.97 Å². The van der Waals surface area contributed by atoms with Crippen LogP contribution in [-0.4, -0.2) is 82.6 Å². The molecule has 2 aromatic heterocycles. The van der Waals surface area contributed by atoms with Crippen molar-refractivity contribution >= 4 is 23.2 Å². The first kappa shape index (κ1) is 30.8. The van der Waals surface area contributed by atoms with Gasteiger partial charge in [-0.05, 0) is 25.0 Å². The van der Waals surface area contributed by atoms with E-state index < -0.39 is 0 Å². The maximum absolute atomic E-state index is 9.56. The number of benzene rings is 2. The number of likely N-dealkylation sites (tertiary alicyclic amines) is 2. The molecule has 0 bridgehead atoms. The van der Waals surface area contributed by atoms with Crippen LogP contribution in [0.25, 0.3) is 33.6 Å². The first-order chi connectivity index (χ1) is 21.4. The Labute approximate surface area is 267 Å². The lowest BCUT2D eigenvalue weighted by Crippen LogP contribution is -2.49. The zero-order valence-electron chi connectivity index (χ0n) is 24.8. The van der Waals surface area contributed by atoms with Crippen LogP contribution >= 0.6 is 23.2 Å². The number of pyridine rings is 2. The highest BCUT2D eigenvalue weighted by Crippen LogP contribution is 2.42. The average molecular weight is 636 g/mol. The van der Waals surface area contributed by atoms with E-state index in [1.807, 2.05) is 60.7 Å². The molecule has 8 nitrogen and oxygen atoms in total. The van der Waals surface area contributed by atoms with Gasteiger partial charge in [-0.1, -0.05) is 71.7 Å². The molecule has 0 aliphatic carbocycles. The van der Waals surface area contributed by atoms with E-state index in [-0.39, 0.29) is 25.3 Å². The zero-order valence-corrected chi connectivity index (χ0v) is 26.4. The standard InChI is InChI=1S/C34H36Cl2N4O4/c1-43-33-21(17-39-15-13-23(39)19-41)9-11-29(37-33)27-7-3-5-25(31(27)35)26-6-4-8-28(32(26)36)30-12-10-22(34(38-30)44-2)18-40-16-14-24(40)20-42/h3-12,23-24,41-42H,13-20H2,1-2H3/t23-,24-/m1/s1. The molecule has 2 saturated heterocycles. The van der Waals surface area contributed by atoms with Gasteiger partial charge in [0.05, 0.1) is 48.9 Å². The van der Waals surface area contributed by atoms with Gasteiger partial charge in [0, 0.05) is 71.6 Å². The number of ether oxygens (including phenoxy) is 2. The van der Waals surface area contributed by atoms with Gasteiger partial charge in [0.1, 0.15) is 0 Å². The second-order valence-electron chi connectivity index (χ2n) is 11.3. The summed E-state index contributed by atoms with van der Waals surface area (Å²) < 4.78 is 11.3. The van der Waals surface area contributed by atoms with Crippen molar-refractivity contribution in [2.75, 3.05) is 40.5 Å². The van der Waals surface area contributed by atoms with Gasteiger partial charge in [-0.15, -0.1) is 0 Å². The van der Waals surface area contributed by atoms with Crippen LogP contribution in [0, 0.1) is 0 Å².